The van der Waals surface area contributed by atoms with Gasteiger partial charge in [0.15, 0.2) is 0 Å². The van der Waals surface area contributed by atoms with Crippen molar-refractivity contribution in [3.05, 3.63) is 5.01 Å². The van der Waals surface area contributed by atoms with Crippen LogP contribution in [0.4, 0.5) is 5.13 Å². The van der Waals surface area contributed by atoms with Crippen molar-refractivity contribution in [1.29, 1.82) is 0 Å². The van der Waals surface area contributed by atoms with E-state index in [1.54, 1.807) is 11.3 Å². The molecular formula is C8H14N4S. The first-order valence-corrected chi connectivity index (χ1v) is 5.28. The van der Waals surface area contributed by atoms with Gasteiger partial charge in [-0.25, -0.2) is 0 Å². The Hall–Kier alpha value is -0.680. The van der Waals surface area contributed by atoms with Crippen LogP contribution in [0, 0.1) is 6.92 Å². The average molecular weight is 198 g/mol. The van der Waals surface area contributed by atoms with Gasteiger partial charge in [0.1, 0.15) is 5.01 Å². The molecule has 0 saturated carbocycles. The maximum Gasteiger partial charge on any atom is 0.208 e. The van der Waals surface area contributed by atoms with E-state index in [1.165, 1.54) is 0 Å². The van der Waals surface area contributed by atoms with Gasteiger partial charge in [-0.2, -0.15) is 0 Å². The van der Waals surface area contributed by atoms with Crippen LogP contribution in [0.2, 0.25) is 0 Å². The van der Waals surface area contributed by atoms with Gasteiger partial charge in [0.25, 0.3) is 0 Å². The van der Waals surface area contributed by atoms with Crippen molar-refractivity contribution < 1.29 is 0 Å². The molecule has 1 saturated heterocycles. The largest absolute Gasteiger partial charge is 0.343 e. The fourth-order valence-electron chi connectivity index (χ4n) is 1.49. The summed E-state index contributed by atoms with van der Waals surface area (Å²) in [5, 5.41) is 10.1. The highest BCUT2D eigenvalue weighted by molar-refractivity contribution is 7.15. The molecule has 1 fully saturated rings. The van der Waals surface area contributed by atoms with Crippen molar-refractivity contribution >= 4 is 16.5 Å². The normalized spacial score (nSPS) is 20.1. The Morgan fingerprint density at radius 1 is 1.54 bits per heavy atom. The standard InChI is InChI=1S/C8H14N4S/c1-3-8(9)4-12(5-8)7-11-10-6(2)13-7/h3-5,9H2,1-2H3. The number of hydrogen-bond donors (Lipinski definition) is 1. The molecule has 2 heterocycles. The number of nitrogens with two attached hydrogens (primary N) is 1. The lowest BCUT2D eigenvalue weighted by Gasteiger charge is -2.47. The van der Waals surface area contributed by atoms with Crippen molar-refractivity contribution in [3.8, 4) is 0 Å². The van der Waals surface area contributed by atoms with E-state index in [0.29, 0.717) is 0 Å². The van der Waals surface area contributed by atoms with Gasteiger partial charge in [-0.05, 0) is 13.3 Å². The topological polar surface area (TPSA) is 55.0 Å². The first kappa shape index (κ1) is 8.90. The zero-order valence-electron chi connectivity index (χ0n) is 7.95. The maximum absolute atomic E-state index is 6.05. The van der Waals surface area contributed by atoms with Gasteiger partial charge in [-0.3, -0.25) is 0 Å². The predicted molar refractivity (Wildman–Crippen MR) is 54.1 cm³/mol. The molecule has 1 aliphatic heterocycles. The van der Waals surface area contributed by atoms with Crippen LogP contribution >= 0.6 is 11.3 Å². The molecular weight excluding hydrogens is 184 g/mol. The van der Waals surface area contributed by atoms with Crippen LogP contribution in [0.5, 0.6) is 0 Å². The SMILES string of the molecule is CCC1(N)CN(c2nnc(C)s2)C1. The van der Waals surface area contributed by atoms with Crippen LogP contribution in [0.15, 0.2) is 0 Å². The zero-order valence-corrected chi connectivity index (χ0v) is 8.77. The van der Waals surface area contributed by atoms with Crippen LogP contribution in [0.1, 0.15) is 18.4 Å². The van der Waals surface area contributed by atoms with Crippen LogP contribution < -0.4 is 10.6 Å². The number of hydrogen-bond acceptors (Lipinski definition) is 5. The smallest absolute Gasteiger partial charge is 0.208 e. The quantitative estimate of drug-likeness (QED) is 0.762. The molecule has 0 amide bonds. The van der Waals surface area contributed by atoms with E-state index < -0.39 is 0 Å². The summed E-state index contributed by atoms with van der Waals surface area (Å²) in [6, 6.07) is 0. The molecule has 0 atom stereocenters. The molecule has 13 heavy (non-hydrogen) atoms. The lowest BCUT2D eigenvalue weighted by molar-refractivity contribution is 0.321. The highest BCUT2D eigenvalue weighted by atomic mass is 32.1. The maximum atomic E-state index is 6.05. The van der Waals surface area contributed by atoms with Crippen molar-refractivity contribution in [2.75, 3.05) is 18.0 Å². The molecule has 1 aromatic heterocycles. The number of aryl methyl sites for hydroxylation is 1. The fourth-order valence-corrected chi connectivity index (χ4v) is 2.17. The molecule has 2 rings (SSSR count). The second-order valence-corrected chi connectivity index (χ2v) is 4.84. The lowest BCUT2D eigenvalue weighted by atomic mass is 9.89. The second-order valence-electron chi connectivity index (χ2n) is 3.68. The summed E-state index contributed by atoms with van der Waals surface area (Å²) in [6.07, 6.45) is 1.03. The Kier molecular flexibility index (Phi) is 2.00. The van der Waals surface area contributed by atoms with Gasteiger partial charge in [0.05, 0.1) is 5.54 Å². The third-order valence-corrected chi connectivity index (χ3v) is 3.40. The molecule has 0 aliphatic carbocycles. The van der Waals surface area contributed by atoms with E-state index in [-0.39, 0.29) is 5.54 Å². The van der Waals surface area contributed by atoms with Gasteiger partial charge < -0.3 is 10.6 Å². The third-order valence-electron chi connectivity index (χ3n) is 2.50. The van der Waals surface area contributed by atoms with Crippen molar-refractivity contribution in [2.45, 2.75) is 25.8 Å². The number of rotatable bonds is 2. The molecule has 0 aromatic carbocycles. The summed E-state index contributed by atoms with van der Waals surface area (Å²) in [4.78, 5) is 2.19. The van der Waals surface area contributed by atoms with Gasteiger partial charge in [-0.15, -0.1) is 10.2 Å². The minimum absolute atomic E-state index is 0.0135. The summed E-state index contributed by atoms with van der Waals surface area (Å²) >= 11 is 1.63. The molecule has 4 nitrogen and oxygen atoms in total. The van der Waals surface area contributed by atoms with Crippen molar-refractivity contribution in [2.24, 2.45) is 5.73 Å². The molecule has 0 radical (unpaired) electrons. The Balaban J connectivity index is 2.01. The van der Waals surface area contributed by atoms with Gasteiger partial charge in [0.2, 0.25) is 5.13 Å². The Labute approximate surface area is 81.8 Å². The highest BCUT2D eigenvalue weighted by Crippen LogP contribution is 2.29. The zero-order chi connectivity index (χ0) is 9.47. The van der Waals surface area contributed by atoms with E-state index in [4.69, 9.17) is 5.73 Å². The minimum atomic E-state index is 0.0135. The van der Waals surface area contributed by atoms with Gasteiger partial charge in [-0.1, -0.05) is 18.3 Å². The van der Waals surface area contributed by atoms with Gasteiger partial charge in [0, 0.05) is 13.1 Å². The van der Waals surface area contributed by atoms with Crippen molar-refractivity contribution in [1.82, 2.24) is 10.2 Å². The molecule has 72 valence electrons. The molecule has 1 aliphatic rings. The number of aromatic nitrogens is 2. The first-order valence-electron chi connectivity index (χ1n) is 4.47. The molecule has 2 N–H and O–H groups in total. The molecule has 0 unspecified atom stereocenters. The summed E-state index contributed by atoms with van der Waals surface area (Å²) in [5.41, 5.74) is 6.06. The average Bonchev–Trinajstić information content (AvgIpc) is 2.46. The highest BCUT2D eigenvalue weighted by Gasteiger charge is 2.39. The monoisotopic (exact) mass is 198 g/mol. The lowest BCUT2D eigenvalue weighted by Crippen LogP contribution is -2.67. The minimum Gasteiger partial charge on any atom is -0.343 e. The summed E-state index contributed by atoms with van der Waals surface area (Å²) in [5.74, 6) is 0. The summed E-state index contributed by atoms with van der Waals surface area (Å²) in [7, 11) is 0. The first-order chi connectivity index (χ1) is 6.13. The van der Waals surface area contributed by atoms with Gasteiger partial charge >= 0.3 is 0 Å². The number of nitrogens with zero attached hydrogens (tertiary/aromatic N) is 3. The summed E-state index contributed by atoms with van der Waals surface area (Å²) in [6.45, 7) is 5.93. The predicted octanol–water partition coefficient (Wildman–Crippen LogP) is 0.774. The second kappa shape index (κ2) is 2.92. The van der Waals surface area contributed by atoms with Crippen molar-refractivity contribution in [3.63, 3.8) is 0 Å². The van der Waals surface area contributed by atoms with Crippen LogP contribution in [0.3, 0.4) is 0 Å². The Morgan fingerprint density at radius 2 is 2.23 bits per heavy atom. The van der Waals surface area contributed by atoms with E-state index in [0.717, 1.165) is 29.6 Å². The summed E-state index contributed by atoms with van der Waals surface area (Å²) < 4.78 is 0. The van der Waals surface area contributed by atoms with Crippen LogP contribution in [-0.2, 0) is 0 Å². The fraction of sp³-hybridized carbons (Fsp3) is 0.750. The van der Waals surface area contributed by atoms with E-state index in [2.05, 4.69) is 22.0 Å². The Bertz CT molecular complexity index is 303. The van der Waals surface area contributed by atoms with Crippen LogP contribution in [-0.4, -0.2) is 28.8 Å². The Morgan fingerprint density at radius 3 is 2.69 bits per heavy atom. The molecule has 0 spiro atoms. The number of anilines is 1. The molecule has 0 bridgehead atoms. The molecule has 1 aromatic rings. The van der Waals surface area contributed by atoms with E-state index in [1.807, 2.05) is 6.92 Å². The van der Waals surface area contributed by atoms with E-state index >= 15 is 0 Å². The third kappa shape index (κ3) is 1.53. The van der Waals surface area contributed by atoms with E-state index in [9.17, 15) is 0 Å². The molecule has 5 heteroatoms. The van der Waals surface area contributed by atoms with Crippen LogP contribution in [0.25, 0.3) is 0 Å².